The van der Waals surface area contributed by atoms with E-state index >= 15 is 0 Å². The van der Waals surface area contributed by atoms with Crippen molar-refractivity contribution in [1.29, 1.82) is 0 Å². The van der Waals surface area contributed by atoms with Crippen molar-refractivity contribution in [2.75, 3.05) is 7.11 Å². The van der Waals surface area contributed by atoms with Crippen LogP contribution in [0.5, 0.6) is 0 Å². The minimum absolute atomic E-state index is 0.117. The summed E-state index contributed by atoms with van der Waals surface area (Å²) >= 11 is 18.8. The minimum Gasteiger partial charge on any atom is -0.466 e. The summed E-state index contributed by atoms with van der Waals surface area (Å²) in [5.41, 5.74) is 2.15. The summed E-state index contributed by atoms with van der Waals surface area (Å²) in [7, 11) is -2.73. The highest BCUT2D eigenvalue weighted by Crippen LogP contribution is 2.53. The number of ether oxygens (including phenoxy) is 1. The third-order valence-corrected chi connectivity index (χ3v) is 8.38. The van der Waals surface area contributed by atoms with Crippen LogP contribution in [0.1, 0.15) is 22.7 Å². The maximum atomic E-state index is 13.7. The Morgan fingerprint density at radius 2 is 1.65 bits per heavy atom. The van der Waals surface area contributed by atoms with Gasteiger partial charge in [-0.1, -0.05) is 76.8 Å². The standard InChI is InChI=1S/C25H20Cl3NO4S/c1-15-7-11-18(12-8-15)34(31,32)29-23(19-5-3-4-6-21(19)27)24(29)20(25(30)33-2)13-16-9-10-17(26)14-22(16)28/h3-14,23-24H,1-2H3/b20-13+/t23-,24+,29?/m1/s1. The molecule has 0 amide bonds. The molecular formula is C25H20Cl3NO4S. The molecule has 0 aromatic heterocycles. The largest absolute Gasteiger partial charge is 0.466 e. The van der Waals surface area contributed by atoms with E-state index in [2.05, 4.69) is 0 Å². The monoisotopic (exact) mass is 535 g/mol. The fourth-order valence-electron chi connectivity index (χ4n) is 3.84. The summed E-state index contributed by atoms with van der Waals surface area (Å²) in [5.74, 6) is -0.672. The number of rotatable bonds is 6. The Morgan fingerprint density at radius 3 is 2.26 bits per heavy atom. The minimum atomic E-state index is -3.97. The van der Waals surface area contributed by atoms with Crippen LogP contribution in [0.3, 0.4) is 0 Å². The zero-order valence-corrected chi connectivity index (χ0v) is 21.3. The smallest absolute Gasteiger partial charge is 0.335 e. The average molecular weight is 537 g/mol. The van der Waals surface area contributed by atoms with E-state index in [9.17, 15) is 13.2 Å². The molecule has 5 nitrogen and oxygen atoms in total. The van der Waals surface area contributed by atoms with Crippen LogP contribution in [0.15, 0.2) is 77.2 Å². The number of nitrogens with zero attached hydrogens (tertiary/aromatic N) is 1. The molecule has 34 heavy (non-hydrogen) atoms. The molecule has 0 aliphatic carbocycles. The molecule has 4 rings (SSSR count). The van der Waals surface area contributed by atoms with E-state index < -0.39 is 28.1 Å². The van der Waals surface area contributed by atoms with Crippen molar-refractivity contribution in [3.05, 3.63) is 104 Å². The summed E-state index contributed by atoms with van der Waals surface area (Å²) < 4.78 is 33.6. The molecule has 0 radical (unpaired) electrons. The molecule has 3 aromatic rings. The molecule has 1 aliphatic heterocycles. The molecule has 0 saturated carbocycles. The molecular weight excluding hydrogens is 517 g/mol. The van der Waals surface area contributed by atoms with E-state index in [1.165, 1.54) is 17.5 Å². The molecule has 1 saturated heterocycles. The molecule has 176 valence electrons. The predicted octanol–water partition coefficient (Wildman–Crippen LogP) is 6.33. The van der Waals surface area contributed by atoms with Crippen molar-refractivity contribution in [2.45, 2.75) is 23.9 Å². The van der Waals surface area contributed by atoms with Gasteiger partial charge in [0.1, 0.15) is 0 Å². The number of aryl methyl sites for hydroxylation is 1. The second-order valence-corrected chi connectivity index (χ2v) is 10.9. The predicted molar refractivity (Wildman–Crippen MR) is 135 cm³/mol. The molecule has 0 bridgehead atoms. The lowest BCUT2D eigenvalue weighted by Crippen LogP contribution is -2.19. The van der Waals surface area contributed by atoms with Crippen molar-refractivity contribution in [1.82, 2.24) is 4.31 Å². The van der Waals surface area contributed by atoms with Gasteiger partial charge in [-0.05, 0) is 54.5 Å². The number of esters is 1. The van der Waals surface area contributed by atoms with Gasteiger partial charge < -0.3 is 4.74 Å². The van der Waals surface area contributed by atoms with Crippen LogP contribution in [-0.4, -0.2) is 31.8 Å². The third kappa shape index (κ3) is 4.74. The van der Waals surface area contributed by atoms with Crippen molar-refractivity contribution >= 4 is 56.9 Å². The van der Waals surface area contributed by atoms with Crippen LogP contribution in [0, 0.1) is 6.92 Å². The molecule has 1 fully saturated rings. The fourth-order valence-corrected chi connectivity index (χ4v) is 6.28. The van der Waals surface area contributed by atoms with Gasteiger partial charge in [0.25, 0.3) is 0 Å². The van der Waals surface area contributed by atoms with Gasteiger partial charge in [0.05, 0.1) is 29.7 Å². The van der Waals surface area contributed by atoms with Crippen molar-refractivity contribution in [3.63, 3.8) is 0 Å². The molecule has 9 heteroatoms. The van der Waals surface area contributed by atoms with Crippen molar-refractivity contribution < 1.29 is 17.9 Å². The van der Waals surface area contributed by atoms with E-state index in [1.54, 1.807) is 66.7 Å². The highest BCUT2D eigenvalue weighted by molar-refractivity contribution is 7.89. The van der Waals surface area contributed by atoms with Crippen LogP contribution in [0.4, 0.5) is 0 Å². The Balaban J connectivity index is 1.87. The first-order chi connectivity index (χ1) is 16.1. The van der Waals surface area contributed by atoms with Crippen molar-refractivity contribution in [2.24, 2.45) is 0 Å². The van der Waals surface area contributed by atoms with Gasteiger partial charge in [-0.25, -0.2) is 13.2 Å². The van der Waals surface area contributed by atoms with Crippen LogP contribution in [-0.2, 0) is 19.6 Å². The average Bonchev–Trinajstić information content (AvgIpc) is 3.54. The zero-order valence-electron chi connectivity index (χ0n) is 18.2. The van der Waals surface area contributed by atoms with Gasteiger partial charge in [-0.3, -0.25) is 0 Å². The number of halogens is 3. The molecule has 3 aromatic carbocycles. The molecule has 0 N–H and O–H groups in total. The summed E-state index contributed by atoms with van der Waals surface area (Å²) in [6.45, 7) is 1.87. The van der Waals surface area contributed by atoms with Crippen LogP contribution in [0.25, 0.3) is 6.08 Å². The van der Waals surface area contributed by atoms with Gasteiger partial charge in [0.15, 0.2) is 0 Å². The molecule has 3 atom stereocenters. The second kappa shape index (κ2) is 9.72. The highest BCUT2D eigenvalue weighted by atomic mass is 35.5. The van der Waals surface area contributed by atoms with Gasteiger partial charge in [-0.15, -0.1) is 0 Å². The SMILES string of the molecule is COC(=O)/C(=C/c1ccc(Cl)cc1Cl)[C@H]1[C@@H](c2ccccc2Cl)N1S(=O)(=O)c1ccc(C)cc1. The van der Waals surface area contributed by atoms with E-state index in [-0.39, 0.29) is 10.5 Å². The molecule has 1 aliphatic rings. The first kappa shape index (κ1) is 24.8. The highest BCUT2D eigenvalue weighted by Gasteiger charge is 2.60. The van der Waals surface area contributed by atoms with E-state index in [1.807, 2.05) is 6.92 Å². The normalized spacial score (nSPS) is 20.1. The zero-order chi connectivity index (χ0) is 24.6. The lowest BCUT2D eigenvalue weighted by Gasteiger charge is -2.09. The Hall–Kier alpha value is -2.35. The lowest BCUT2D eigenvalue weighted by molar-refractivity contribution is -0.136. The Labute approximate surface area is 213 Å². The fraction of sp³-hybridized carbons (Fsp3) is 0.160. The second-order valence-electron chi connectivity index (χ2n) is 7.82. The lowest BCUT2D eigenvalue weighted by atomic mass is 10.0. The van der Waals surface area contributed by atoms with Crippen LogP contribution in [0.2, 0.25) is 15.1 Å². The van der Waals surface area contributed by atoms with E-state index in [4.69, 9.17) is 39.5 Å². The first-order valence-corrected chi connectivity index (χ1v) is 12.8. The Morgan fingerprint density at radius 1 is 0.971 bits per heavy atom. The summed E-state index contributed by atoms with van der Waals surface area (Å²) in [4.78, 5) is 13.0. The van der Waals surface area contributed by atoms with Gasteiger partial charge in [0, 0.05) is 15.1 Å². The van der Waals surface area contributed by atoms with Crippen LogP contribution < -0.4 is 0 Å². The summed E-state index contributed by atoms with van der Waals surface area (Å²) in [5, 5.41) is 1.15. The third-order valence-electron chi connectivity index (χ3n) is 5.59. The molecule has 0 spiro atoms. The maximum Gasteiger partial charge on any atom is 0.335 e. The number of hydrogen-bond acceptors (Lipinski definition) is 4. The van der Waals surface area contributed by atoms with Gasteiger partial charge in [0.2, 0.25) is 10.0 Å². The number of hydrogen-bond donors (Lipinski definition) is 0. The van der Waals surface area contributed by atoms with Crippen molar-refractivity contribution in [3.8, 4) is 0 Å². The summed E-state index contributed by atoms with van der Waals surface area (Å²) in [6.07, 6.45) is 1.53. The first-order valence-electron chi connectivity index (χ1n) is 10.2. The van der Waals surface area contributed by atoms with Gasteiger partial charge in [-0.2, -0.15) is 4.31 Å². The Kier molecular flexibility index (Phi) is 7.08. The number of methoxy groups -OCH3 is 1. The summed E-state index contributed by atoms with van der Waals surface area (Å²) in [6, 6.07) is 16.8. The Bertz CT molecular complexity index is 1390. The number of benzene rings is 3. The number of carbonyl (C=O) groups excluding carboxylic acids is 1. The number of sulfonamides is 1. The maximum absolute atomic E-state index is 13.7. The van der Waals surface area contributed by atoms with E-state index in [0.717, 1.165) is 5.56 Å². The number of carbonyl (C=O) groups is 1. The quantitative estimate of drug-likeness (QED) is 0.210. The molecule has 1 unspecified atom stereocenters. The van der Waals surface area contributed by atoms with Crippen LogP contribution >= 0.6 is 34.8 Å². The molecule has 1 heterocycles. The van der Waals surface area contributed by atoms with E-state index in [0.29, 0.717) is 26.2 Å². The van der Waals surface area contributed by atoms with Gasteiger partial charge >= 0.3 is 5.97 Å². The topological polar surface area (TPSA) is 63.5 Å².